The highest BCUT2D eigenvalue weighted by Crippen LogP contribution is 2.27. The van der Waals surface area contributed by atoms with Crippen LogP contribution in [0.15, 0.2) is 24.3 Å². The van der Waals surface area contributed by atoms with Crippen LogP contribution in [0, 0.1) is 5.92 Å². The molecule has 100 valence electrons. The fraction of sp³-hybridized carbons (Fsp3) is 0.286. The fourth-order valence-electron chi connectivity index (χ4n) is 1.91. The minimum atomic E-state index is -0.244. The third-order valence-electron chi connectivity index (χ3n) is 2.90. The lowest BCUT2D eigenvalue weighted by atomic mass is 10.0. The molecule has 0 spiro atoms. The number of carbonyl (C=O) groups excluding carboxylic acids is 1. The number of pyridine rings is 1. The second-order valence-electron chi connectivity index (χ2n) is 4.39. The summed E-state index contributed by atoms with van der Waals surface area (Å²) in [4.78, 5) is 15.9. The lowest BCUT2D eigenvalue weighted by molar-refractivity contribution is -0.144. The summed E-state index contributed by atoms with van der Waals surface area (Å²) in [5.74, 6) is -0.476. The largest absolute Gasteiger partial charge is 0.469 e. The average molecular weight is 298 g/mol. The van der Waals surface area contributed by atoms with E-state index in [1.807, 2.05) is 19.1 Å². The number of fused-ring (bicyclic) bond motifs is 1. The number of methoxy groups -OCH3 is 1. The summed E-state index contributed by atoms with van der Waals surface area (Å²) in [5, 5.41) is 1.96. The quantitative estimate of drug-likeness (QED) is 0.807. The maximum Gasteiger partial charge on any atom is 0.308 e. The van der Waals surface area contributed by atoms with Crippen LogP contribution in [0.1, 0.15) is 12.6 Å². The van der Waals surface area contributed by atoms with Crippen molar-refractivity contribution in [2.75, 3.05) is 7.11 Å². The second-order valence-corrected chi connectivity index (χ2v) is 5.23. The van der Waals surface area contributed by atoms with Gasteiger partial charge in [-0.05, 0) is 24.3 Å². The first kappa shape index (κ1) is 14.1. The number of benzene rings is 1. The first-order valence-electron chi connectivity index (χ1n) is 5.83. The number of carbonyl (C=O) groups is 1. The molecule has 19 heavy (non-hydrogen) atoms. The van der Waals surface area contributed by atoms with Gasteiger partial charge in [-0.25, -0.2) is 0 Å². The van der Waals surface area contributed by atoms with E-state index in [1.54, 1.807) is 12.1 Å². The van der Waals surface area contributed by atoms with Crippen molar-refractivity contribution < 1.29 is 9.53 Å². The van der Waals surface area contributed by atoms with Crippen molar-refractivity contribution in [3.05, 3.63) is 40.0 Å². The molecule has 0 aliphatic heterocycles. The zero-order valence-electron chi connectivity index (χ0n) is 10.6. The van der Waals surface area contributed by atoms with Gasteiger partial charge in [0, 0.05) is 22.5 Å². The SMILES string of the molecule is COC(=O)C(C)Cc1ccc2c(Cl)cc(Cl)cc2n1. The maximum atomic E-state index is 11.4. The van der Waals surface area contributed by atoms with Gasteiger partial charge in [-0.3, -0.25) is 9.78 Å². The molecule has 0 bridgehead atoms. The van der Waals surface area contributed by atoms with E-state index in [9.17, 15) is 4.79 Å². The fourth-order valence-corrected chi connectivity index (χ4v) is 2.46. The van der Waals surface area contributed by atoms with Crippen LogP contribution >= 0.6 is 23.2 Å². The number of ether oxygens (including phenoxy) is 1. The van der Waals surface area contributed by atoms with Crippen LogP contribution in [0.5, 0.6) is 0 Å². The van der Waals surface area contributed by atoms with E-state index in [4.69, 9.17) is 27.9 Å². The van der Waals surface area contributed by atoms with Crippen molar-refractivity contribution in [3.8, 4) is 0 Å². The molecule has 1 heterocycles. The summed E-state index contributed by atoms with van der Waals surface area (Å²) in [6, 6.07) is 7.20. The van der Waals surface area contributed by atoms with Gasteiger partial charge in [0.1, 0.15) is 0 Å². The molecule has 1 aromatic heterocycles. The van der Waals surface area contributed by atoms with E-state index in [0.29, 0.717) is 16.5 Å². The minimum absolute atomic E-state index is 0.232. The molecule has 3 nitrogen and oxygen atoms in total. The van der Waals surface area contributed by atoms with Crippen molar-refractivity contribution in [2.45, 2.75) is 13.3 Å². The van der Waals surface area contributed by atoms with Crippen molar-refractivity contribution in [2.24, 2.45) is 5.92 Å². The number of halogens is 2. The Kier molecular flexibility index (Phi) is 4.27. The zero-order valence-corrected chi connectivity index (χ0v) is 12.1. The molecule has 1 aromatic carbocycles. The molecule has 0 radical (unpaired) electrons. The van der Waals surface area contributed by atoms with Gasteiger partial charge >= 0.3 is 5.97 Å². The van der Waals surface area contributed by atoms with Crippen LogP contribution in [-0.2, 0) is 16.0 Å². The van der Waals surface area contributed by atoms with E-state index in [-0.39, 0.29) is 11.9 Å². The molecule has 0 saturated carbocycles. The van der Waals surface area contributed by atoms with Crippen molar-refractivity contribution in [1.82, 2.24) is 4.98 Å². The topological polar surface area (TPSA) is 39.2 Å². The van der Waals surface area contributed by atoms with Gasteiger partial charge in [0.25, 0.3) is 0 Å². The summed E-state index contributed by atoms with van der Waals surface area (Å²) in [6.45, 7) is 1.81. The predicted molar refractivity (Wildman–Crippen MR) is 76.6 cm³/mol. The highest BCUT2D eigenvalue weighted by molar-refractivity contribution is 6.38. The van der Waals surface area contributed by atoms with Crippen LogP contribution in [0.25, 0.3) is 10.9 Å². The van der Waals surface area contributed by atoms with E-state index in [1.165, 1.54) is 7.11 Å². The first-order chi connectivity index (χ1) is 9.01. The number of rotatable bonds is 3. The predicted octanol–water partition coefficient (Wildman–Crippen LogP) is 3.89. The normalized spacial score (nSPS) is 12.4. The summed E-state index contributed by atoms with van der Waals surface area (Å²) in [7, 11) is 1.38. The van der Waals surface area contributed by atoms with Gasteiger partial charge in [0.15, 0.2) is 0 Å². The number of hydrogen-bond acceptors (Lipinski definition) is 3. The summed E-state index contributed by atoms with van der Waals surface area (Å²) >= 11 is 12.1. The molecule has 0 saturated heterocycles. The highest BCUT2D eigenvalue weighted by atomic mass is 35.5. The molecule has 0 fully saturated rings. The van der Waals surface area contributed by atoms with E-state index < -0.39 is 0 Å². The molecule has 1 unspecified atom stereocenters. The van der Waals surface area contributed by atoms with Crippen LogP contribution < -0.4 is 0 Å². The minimum Gasteiger partial charge on any atom is -0.469 e. The third kappa shape index (κ3) is 3.17. The molecule has 0 aliphatic rings. The number of esters is 1. The van der Waals surface area contributed by atoms with Gasteiger partial charge in [-0.15, -0.1) is 0 Å². The van der Waals surface area contributed by atoms with Crippen LogP contribution in [0.4, 0.5) is 0 Å². The van der Waals surface area contributed by atoms with E-state index in [0.717, 1.165) is 16.6 Å². The molecule has 2 rings (SSSR count). The molecule has 0 amide bonds. The second kappa shape index (κ2) is 5.76. The van der Waals surface area contributed by atoms with Gasteiger partial charge < -0.3 is 4.74 Å². The van der Waals surface area contributed by atoms with Gasteiger partial charge in [-0.2, -0.15) is 0 Å². The monoisotopic (exact) mass is 297 g/mol. The van der Waals surface area contributed by atoms with Crippen molar-refractivity contribution in [3.63, 3.8) is 0 Å². The Balaban J connectivity index is 2.34. The Morgan fingerprint density at radius 2 is 2.11 bits per heavy atom. The first-order valence-corrected chi connectivity index (χ1v) is 6.59. The summed E-state index contributed by atoms with van der Waals surface area (Å²) in [6.07, 6.45) is 0.521. The molecular formula is C14H13Cl2NO2. The third-order valence-corrected chi connectivity index (χ3v) is 3.43. The molecule has 0 N–H and O–H groups in total. The Hall–Kier alpha value is -1.32. The molecule has 1 atom stereocenters. The Morgan fingerprint density at radius 1 is 1.37 bits per heavy atom. The van der Waals surface area contributed by atoms with Gasteiger partial charge in [-0.1, -0.05) is 30.1 Å². The van der Waals surface area contributed by atoms with Crippen LogP contribution in [0.3, 0.4) is 0 Å². The van der Waals surface area contributed by atoms with Crippen LogP contribution in [0.2, 0.25) is 10.0 Å². The van der Waals surface area contributed by atoms with Gasteiger partial charge in [0.2, 0.25) is 0 Å². The molecular weight excluding hydrogens is 285 g/mol. The lowest BCUT2D eigenvalue weighted by Crippen LogP contribution is -2.15. The molecule has 2 aromatic rings. The zero-order chi connectivity index (χ0) is 14.0. The number of aromatic nitrogens is 1. The smallest absolute Gasteiger partial charge is 0.308 e. The maximum absolute atomic E-state index is 11.4. The van der Waals surface area contributed by atoms with Crippen molar-refractivity contribution in [1.29, 1.82) is 0 Å². The van der Waals surface area contributed by atoms with Gasteiger partial charge in [0.05, 0.1) is 23.6 Å². The van der Waals surface area contributed by atoms with Crippen molar-refractivity contribution >= 4 is 40.1 Å². The number of hydrogen-bond donors (Lipinski definition) is 0. The Morgan fingerprint density at radius 3 is 2.79 bits per heavy atom. The van der Waals surface area contributed by atoms with E-state index in [2.05, 4.69) is 4.98 Å². The lowest BCUT2D eigenvalue weighted by Gasteiger charge is -2.09. The molecule has 0 aliphatic carbocycles. The molecule has 5 heteroatoms. The van der Waals surface area contributed by atoms with Crippen LogP contribution in [-0.4, -0.2) is 18.1 Å². The highest BCUT2D eigenvalue weighted by Gasteiger charge is 2.15. The number of nitrogens with zero attached hydrogens (tertiary/aromatic N) is 1. The summed E-state index contributed by atoms with van der Waals surface area (Å²) in [5.41, 5.74) is 1.54. The Bertz CT molecular complexity index is 628. The standard InChI is InChI=1S/C14H13Cl2NO2/c1-8(14(18)19-2)5-10-3-4-11-12(16)6-9(15)7-13(11)17-10/h3-4,6-8H,5H2,1-2H3. The average Bonchev–Trinajstić information content (AvgIpc) is 2.36. The van der Waals surface area contributed by atoms with E-state index >= 15 is 0 Å². The Labute approximate surface area is 121 Å². The summed E-state index contributed by atoms with van der Waals surface area (Å²) < 4.78 is 4.70.